The standard InChI is InChI=1S/C17H16N4O4S/c18-7-6-11-9-21(12-3-2-8-19-16(11)12)26(23,24)14-5-1-4-13-17(14)20-15(22)10-25-13/h1-5,8-9H,6-7,10,18H2,(H,20,22). The second kappa shape index (κ2) is 6.11. The maximum atomic E-state index is 13.3. The highest BCUT2D eigenvalue weighted by Gasteiger charge is 2.29. The third-order valence-electron chi connectivity index (χ3n) is 4.16. The molecule has 134 valence electrons. The first kappa shape index (κ1) is 16.6. The zero-order valence-electron chi connectivity index (χ0n) is 13.7. The molecule has 0 fully saturated rings. The van der Waals surface area contributed by atoms with E-state index in [0.29, 0.717) is 29.7 Å². The van der Waals surface area contributed by atoms with Crippen molar-refractivity contribution in [1.29, 1.82) is 0 Å². The van der Waals surface area contributed by atoms with Crippen LogP contribution in [0.1, 0.15) is 5.56 Å². The summed E-state index contributed by atoms with van der Waals surface area (Å²) in [5, 5.41) is 2.59. The lowest BCUT2D eigenvalue weighted by Crippen LogP contribution is -2.27. The Kier molecular flexibility index (Phi) is 3.89. The number of anilines is 1. The van der Waals surface area contributed by atoms with Gasteiger partial charge in [0.25, 0.3) is 15.9 Å². The molecule has 3 N–H and O–H groups in total. The van der Waals surface area contributed by atoms with Gasteiger partial charge in [-0.3, -0.25) is 9.78 Å². The molecule has 0 radical (unpaired) electrons. The summed E-state index contributed by atoms with van der Waals surface area (Å²) >= 11 is 0. The molecule has 9 heteroatoms. The fraction of sp³-hybridized carbons (Fsp3) is 0.176. The quantitative estimate of drug-likeness (QED) is 0.708. The number of benzene rings is 1. The SMILES string of the molecule is NCCc1cn(S(=O)(=O)c2cccc3c2NC(=O)CO3)c2cccnc12. The Balaban J connectivity index is 1.94. The third-order valence-corrected chi connectivity index (χ3v) is 5.88. The van der Waals surface area contributed by atoms with Gasteiger partial charge in [-0.1, -0.05) is 6.07 Å². The summed E-state index contributed by atoms with van der Waals surface area (Å²) in [4.78, 5) is 15.9. The lowest BCUT2D eigenvalue weighted by molar-refractivity contribution is -0.118. The number of fused-ring (bicyclic) bond motifs is 2. The molecule has 3 heterocycles. The Bertz CT molecular complexity index is 1120. The predicted octanol–water partition coefficient (Wildman–Crippen LogP) is 1.11. The Morgan fingerprint density at radius 3 is 2.92 bits per heavy atom. The average molecular weight is 372 g/mol. The molecule has 1 aromatic carbocycles. The van der Waals surface area contributed by atoms with Crippen molar-refractivity contribution in [3.63, 3.8) is 0 Å². The molecule has 0 bridgehead atoms. The van der Waals surface area contributed by atoms with E-state index in [4.69, 9.17) is 10.5 Å². The number of ether oxygens (including phenoxy) is 1. The number of nitrogens with one attached hydrogen (secondary N) is 1. The van der Waals surface area contributed by atoms with Crippen molar-refractivity contribution in [2.75, 3.05) is 18.5 Å². The van der Waals surface area contributed by atoms with Crippen LogP contribution in [0.15, 0.2) is 47.6 Å². The van der Waals surface area contributed by atoms with Gasteiger partial charge in [-0.15, -0.1) is 0 Å². The topological polar surface area (TPSA) is 116 Å². The minimum Gasteiger partial charge on any atom is -0.482 e. The van der Waals surface area contributed by atoms with Gasteiger partial charge >= 0.3 is 0 Å². The van der Waals surface area contributed by atoms with Gasteiger partial charge in [-0.05, 0) is 42.8 Å². The summed E-state index contributed by atoms with van der Waals surface area (Å²) < 4.78 is 33.2. The van der Waals surface area contributed by atoms with Crippen molar-refractivity contribution in [3.8, 4) is 5.75 Å². The van der Waals surface area contributed by atoms with Gasteiger partial charge in [0.1, 0.15) is 16.3 Å². The predicted molar refractivity (Wildman–Crippen MR) is 95.6 cm³/mol. The number of nitrogens with two attached hydrogens (primary N) is 1. The van der Waals surface area contributed by atoms with Crippen molar-refractivity contribution in [1.82, 2.24) is 8.96 Å². The molecule has 0 aliphatic carbocycles. The van der Waals surface area contributed by atoms with E-state index in [1.54, 1.807) is 30.5 Å². The van der Waals surface area contributed by atoms with Gasteiger partial charge in [0, 0.05) is 12.4 Å². The lowest BCUT2D eigenvalue weighted by atomic mass is 10.2. The van der Waals surface area contributed by atoms with Crippen LogP contribution in [0.25, 0.3) is 11.0 Å². The molecule has 2 aromatic heterocycles. The van der Waals surface area contributed by atoms with E-state index >= 15 is 0 Å². The number of amides is 1. The minimum absolute atomic E-state index is 0.0388. The molecule has 26 heavy (non-hydrogen) atoms. The van der Waals surface area contributed by atoms with Crippen LogP contribution >= 0.6 is 0 Å². The molecule has 0 atom stereocenters. The number of nitrogens with zero attached hydrogens (tertiary/aromatic N) is 2. The van der Waals surface area contributed by atoms with Gasteiger partial charge in [0.15, 0.2) is 6.61 Å². The maximum absolute atomic E-state index is 13.3. The van der Waals surface area contributed by atoms with Crippen LogP contribution in [0.3, 0.4) is 0 Å². The summed E-state index contributed by atoms with van der Waals surface area (Å²) in [7, 11) is -3.99. The van der Waals surface area contributed by atoms with Crippen LogP contribution in [0.4, 0.5) is 5.69 Å². The van der Waals surface area contributed by atoms with Crippen LogP contribution in [-0.2, 0) is 21.2 Å². The normalized spacial score (nSPS) is 14.0. The van der Waals surface area contributed by atoms with Gasteiger partial charge < -0.3 is 15.8 Å². The van der Waals surface area contributed by atoms with Gasteiger partial charge in [-0.25, -0.2) is 12.4 Å². The van der Waals surface area contributed by atoms with Crippen LogP contribution in [0.2, 0.25) is 0 Å². The monoisotopic (exact) mass is 372 g/mol. The summed E-state index contributed by atoms with van der Waals surface area (Å²) in [5.74, 6) is -0.0783. The Labute approximate surface area is 149 Å². The lowest BCUT2D eigenvalue weighted by Gasteiger charge is -2.20. The second-order valence-electron chi connectivity index (χ2n) is 5.83. The second-order valence-corrected chi connectivity index (χ2v) is 7.61. The summed E-state index contributed by atoms with van der Waals surface area (Å²) in [6.45, 7) is 0.230. The largest absolute Gasteiger partial charge is 0.482 e. The van der Waals surface area contributed by atoms with E-state index in [2.05, 4.69) is 10.3 Å². The molecule has 1 aliphatic rings. The Hall–Kier alpha value is -2.91. The number of carbonyl (C=O) groups excluding carboxylic acids is 1. The molecule has 0 saturated heterocycles. The molecule has 8 nitrogen and oxygen atoms in total. The van der Waals surface area contributed by atoms with Gasteiger partial charge in [0.05, 0.1) is 11.0 Å². The first-order valence-electron chi connectivity index (χ1n) is 7.98. The molecular weight excluding hydrogens is 356 g/mol. The number of para-hydroxylation sites is 1. The summed E-state index contributed by atoms with van der Waals surface area (Å²) in [6.07, 6.45) is 3.64. The van der Waals surface area contributed by atoms with Crippen LogP contribution in [0, 0.1) is 0 Å². The first-order chi connectivity index (χ1) is 12.5. The molecule has 0 spiro atoms. The van der Waals surface area contributed by atoms with E-state index in [9.17, 15) is 13.2 Å². The number of rotatable bonds is 4. The van der Waals surface area contributed by atoms with E-state index < -0.39 is 15.9 Å². The molecule has 4 rings (SSSR count). The number of aromatic nitrogens is 2. The number of hydrogen-bond acceptors (Lipinski definition) is 6. The average Bonchev–Trinajstić information content (AvgIpc) is 3.01. The fourth-order valence-electron chi connectivity index (χ4n) is 3.03. The Morgan fingerprint density at radius 2 is 2.12 bits per heavy atom. The number of pyridine rings is 1. The Morgan fingerprint density at radius 1 is 1.27 bits per heavy atom. The van der Waals surface area contributed by atoms with Gasteiger partial charge in [-0.2, -0.15) is 0 Å². The zero-order chi connectivity index (χ0) is 18.3. The highest BCUT2D eigenvalue weighted by atomic mass is 32.2. The smallest absolute Gasteiger partial charge is 0.270 e. The molecule has 3 aromatic rings. The van der Waals surface area contributed by atoms with Crippen LogP contribution < -0.4 is 15.8 Å². The first-order valence-corrected chi connectivity index (χ1v) is 9.42. The highest BCUT2D eigenvalue weighted by molar-refractivity contribution is 7.90. The van der Waals surface area contributed by atoms with Crippen molar-refractivity contribution in [2.45, 2.75) is 11.3 Å². The van der Waals surface area contributed by atoms with Crippen LogP contribution in [-0.4, -0.2) is 36.4 Å². The molecular formula is C17H16N4O4S. The zero-order valence-corrected chi connectivity index (χ0v) is 14.5. The highest BCUT2D eigenvalue weighted by Crippen LogP contribution is 2.36. The van der Waals surface area contributed by atoms with E-state index in [-0.39, 0.29) is 17.2 Å². The number of hydrogen-bond donors (Lipinski definition) is 2. The maximum Gasteiger partial charge on any atom is 0.270 e. The summed E-state index contributed by atoms with van der Waals surface area (Å²) in [6, 6.07) is 7.99. The van der Waals surface area contributed by atoms with E-state index in [1.807, 2.05) is 0 Å². The van der Waals surface area contributed by atoms with Crippen molar-refractivity contribution in [2.24, 2.45) is 5.73 Å². The molecule has 1 amide bonds. The van der Waals surface area contributed by atoms with Crippen molar-refractivity contribution >= 4 is 32.7 Å². The van der Waals surface area contributed by atoms with Crippen molar-refractivity contribution < 1.29 is 17.9 Å². The molecule has 1 aliphatic heterocycles. The molecule has 0 saturated carbocycles. The van der Waals surface area contributed by atoms with E-state index in [1.165, 1.54) is 16.2 Å². The van der Waals surface area contributed by atoms with E-state index in [0.717, 1.165) is 5.56 Å². The number of carbonyl (C=O) groups is 1. The summed E-state index contributed by atoms with van der Waals surface area (Å²) in [5.41, 5.74) is 7.58. The molecule has 0 unspecified atom stereocenters. The van der Waals surface area contributed by atoms with Crippen molar-refractivity contribution in [3.05, 3.63) is 48.3 Å². The van der Waals surface area contributed by atoms with Crippen LogP contribution in [0.5, 0.6) is 5.75 Å². The minimum atomic E-state index is -3.99. The third kappa shape index (κ3) is 2.52. The fourth-order valence-corrected chi connectivity index (χ4v) is 4.57. The van der Waals surface area contributed by atoms with Gasteiger partial charge in [0.2, 0.25) is 0 Å².